The van der Waals surface area contributed by atoms with Crippen molar-refractivity contribution in [2.75, 3.05) is 0 Å². The third kappa shape index (κ3) is 1.93. The van der Waals surface area contributed by atoms with Gasteiger partial charge in [0.1, 0.15) is 6.33 Å². The Kier molecular flexibility index (Phi) is 2.88. The minimum absolute atomic E-state index is 0.156. The van der Waals surface area contributed by atoms with E-state index in [1.54, 1.807) is 34.9 Å². The third-order valence-corrected chi connectivity index (χ3v) is 5.39. The van der Waals surface area contributed by atoms with Gasteiger partial charge in [-0.25, -0.2) is 4.98 Å². The van der Waals surface area contributed by atoms with Gasteiger partial charge >= 0.3 is 0 Å². The Labute approximate surface area is 147 Å². The molecule has 1 saturated carbocycles. The van der Waals surface area contributed by atoms with E-state index in [0.717, 1.165) is 17.6 Å². The normalized spacial score (nSPS) is 19.8. The summed E-state index contributed by atoms with van der Waals surface area (Å²) >= 11 is 6.26. The molecule has 1 aliphatic rings. The van der Waals surface area contributed by atoms with Gasteiger partial charge in [0, 0.05) is 13.0 Å². The molecule has 2 unspecified atom stereocenters. The van der Waals surface area contributed by atoms with Gasteiger partial charge in [-0.2, -0.15) is 4.68 Å². The van der Waals surface area contributed by atoms with Gasteiger partial charge in [-0.15, -0.1) is 5.10 Å². The predicted octanol–water partition coefficient (Wildman–Crippen LogP) is 2.54. The molecule has 0 saturated heterocycles. The lowest BCUT2D eigenvalue weighted by Gasteiger charge is -2.10. The lowest BCUT2D eigenvalue weighted by molar-refractivity contribution is 0.732. The van der Waals surface area contributed by atoms with Crippen LogP contribution in [0.15, 0.2) is 35.5 Å². The fraction of sp³-hybridized carbons (Fsp3) is 0.294. The highest BCUT2D eigenvalue weighted by molar-refractivity contribution is 6.35. The molecule has 3 heterocycles. The fourth-order valence-electron chi connectivity index (χ4n) is 3.55. The van der Waals surface area contributed by atoms with Crippen molar-refractivity contribution in [1.29, 1.82) is 0 Å². The largest absolute Gasteiger partial charge is 0.294 e. The van der Waals surface area contributed by atoms with Crippen molar-refractivity contribution >= 4 is 28.2 Å². The summed E-state index contributed by atoms with van der Waals surface area (Å²) in [7, 11) is 1.72. The van der Waals surface area contributed by atoms with Crippen molar-refractivity contribution in [2.45, 2.75) is 19.3 Å². The summed E-state index contributed by atoms with van der Waals surface area (Å²) in [5, 5.41) is 9.20. The van der Waals surface area contributed by atoms with Crippen LogP contribution in [-0.4, -0.2) is 28.9 Å². The summed E-state index contributed by atoms with van der Waals surface area (Å²) in [6.07, 6.45) is 4.61. The number of fused-ring (bicyclic) bond motifs is 3. The molecule has 0 bridgehead atoms. The van der Waals surface area contributed by atoms with Crippen molar-refractivity contribution in [2.24, 2.45) is 13.0 Å². The average molecular weight is 355 g/mol. The first-order chi connectivity index (χ1) is 12.1. The van der Waals surface area contributed by atoms with Gasteiger partial charge in [-0.3, -0.25) is 13.8 Å². The molecular weight excluding hydrogens is 340 g/mol. The molecule has 0 spiro atoms. The number of rotatable bonds is 2. The highest BCUT2D eigenvalue weighted by Crippen LogP contribution is 2.47. The molecule has 126 valence electrons. The van der Waals surface area contributed by atoms with Gasteiger partial charge in [0.05, 0.1) is 27.8 Å². The Balaban J connectivity index is 1.87. The minimum Gasteiger partial charge on any atom is -0.294 e. The molecule has 8 heteroatoms. The monoisotopic (exact) mass is 354 g/mol. The van der Waals surface area contributed by atoms with E-state index >= 15 is 0 Å². The molecule has 0 amide bonds. The summed E-state index contributed by atoms with van der Waals surface area (Å²) in [4.78, 5) is 17.4. The van der Waals surface area contributed by atoms with Crippen molar-refractivity contribution < 1.29 is 0 Å². The second kappa shape index (κ2) is 4.92. The summed E-state index contributed by atoms with van der Waals surface area (Å²) in [6, 6.07) is 5.42. The van der Waals surface area contributed by atoms with Gasteiger partial charge in [-0.05, 0) is 24.5 Å². The quantitative estimate of drug-likeness (QED) is 0.554. The Morgan fingerprint density at radius 3 is 2.88 bits per heavy atom. The Hall–Kier alpha value is -2.67. The van der Waals surface area contributed by atoms with Gasteiger partial charge in [-0.1, -0.05) is 29.8 Å². The Bertz CT molecular complexity index is 1200. The molecule has 0 N–H and O–H groups in total. The van der Waals surface area contributed by atoms with E-state index in [0.29, 0.717) is 33.7 Å². The zero-order chi connectivity index (χ0) is 17.3. The lowest BCUT2D eigenvalue weighted by atomic mass is 10.2. The molecular formula is C17H15ClN6O. The van der Waals surface area contributed by atoms with E-state index < -0.39 is 0 Å². The van der Waals surface area contributed by atoms with Gasteiger partial charge in [0.2, 0.25) is 0 Å². The molecule has 1 aromatic carbocycles. The maximum atomic E-state index is 12.9. The van der Waals surface area contributed by atoms with Crippen LogP contribution in [0.3, 0.4) is 0 Å². The van der Waals surface area contributed by atoms with Crippen LogP contribution in [0, 0.1) is 5.92 Å². The second-order valence-electron chi connectivity index (χ2n) is 6.65. The molecule has 1 aliphatic carbocycles. The first-order valence-electron chi connectivity index (χ1n) is 8.13. The first-order valence-corrected chi connectivity index (χ1v) is 8.51. The van der Waals surface area contributed by atoms with Crippen molar-refractivity contribution in [3.63, 3.8) is 0 Å². The zero-order valence-corrected chi connectivity index (χ0v) is 14.5. The highest BCUT2D eigenvalue weighted by Gasteiger charge is 2.38. The molecule has 7 nitrogen and oxygen atoms in total. The fourth-order valence-corrected chi connectivity index (χ4v) is 3.80. The molecule has 0 aliphatic heterocycles. The SMILES string of the molecule is CC1CC1c1cnnn1-c1ncn2c3cccc(Cl)c3c(=O)n(C)c12. The molecule has 2 atom stereocenters. The third-order valence-electron chi connectivity index (χ3n) is 5.08. The number of halogens is 1. The maximum absolute atomic E-state index is 12.9. The summed E-state index contributed by atoms with van der Waals surface area (Å²) < 4.78 is 5.19. The van der Waals surface area contributed by atoms with Crippen molar-refractivity contribution in [1.82, 2.24) is 28.9 Å². The number of aryl methyl sites for hydroxylation is 1. The van der Waals surface area contributed by atoms with Crippen LogP contribution in [0.4, 0.5) is 0 Å². The smallest absolute Gasteiger partial charge is 0.262 e. The van der Waals surface area contributed by atoms with Crippen LogP contribution >= 0.6 is 11.6 Å². The predicted molar refractivity (Wildman–Crippen MR) is 94.4 cm³/mol. The number of hydrogen-bond donors (Lipinski definition) is 0. The van der Waals surface area contributed by atoms with E-state index in [1.807, 2.05) is 16.5 Å². The van der Waals surface area contributed by atoms with Crippen LogP contribution in [0.25, 0.3) is 22.4 Å². The van der Waals surface area contributed by atoms with Gasteiger partial charge in [0.25, 0.3) is 5.56 Å². The topological polar surface area (TPSA) is 70.0 Å². The van der Waals surface area contributed by atoms with Crippen molar-refractivity contribution in [3.8, 4) is 5.82 Å². The molecule has 3 aromatic heterocycles. The standard InChI is InChI=1S/C17H15ClN6O/c1-9-6-10(9)13-7-20-21-24(13)15-16-22(2)17(25)14-11(18)4-3-5-12(14)23(16)8-19-15/h3-5,7-10H,6H2,1-2H3. The van der Waals surface area contributed by atoms with E-state index in [1.165, 1.54) is 0 Å². The average Bonchev–Trinajstić information content (AvgIpc) is 3.02. The number of aromatic nitrogens is 6. The van der Waals surface area contributed by atoms with Gasteiger partial charge < -0.3 is 0 Å². The minimum atomic E-state index is -0.156. The molecule has 1 fully saturated rings. The van der Waals surface area contributed by atoms with E-state index in [2.05, 4.69) is 22.2 Å². The lowest BCUT2D eigenvalue weighted by Crippen LogP contribution is -2.21. The van der Waals surface area contributed by atoms with Crippen LogP contribution in [0.5, 0.6) is 0 Å². The van der Waals surface area contributed by atoms with Crippen molar-refractivity contribution in [3.05, 3.63) is 51.8 Å². The second-order valence-corrected chi connectivity index (χ2v) is 7.06. The number of hydrogen-bond acceptors (Lipinski definition) is 4. The maximum Gasteiger partial charge on any atom is 0.262 e. The van der Waals surface area contributed by atoms with E-state index in [9.17, 15) is 4.79 Å². The number of imidazole rings is 1. The zero-order valence-electron chi connectivity index (χ0n) is 13.7. The highest BCUT2D eigenvalue weighted by atomic mass is 35.5. The number of benzene rings is 1. The molecule has 4 aromatic rings. The van der Waals surface area contributed by atoms with Crippen LogP contribution in [-0.2, 0) is 7.05 Å². The first kappa shape index (κ1) is 14.7. The van der Waals surface area contributed by atoms with Gasteiger partial charge in [0.15, 0.2) is 11.5 Å². The molecule has 25 heavy (non-hydrogen) atoms. The number of nitrogens with zero attached hydrogens (tertiary/aromatic N) is 6. The van der Waals surface area contributed by atoms with Crippen LogP contribution in [0.2, 0.25) is 5.02 Å². The van der Waals surface area contributed by atoms with E-state index in [-0.39, 0.29) is 5.56 Å². The van der Waals surface area contributed by atoms with E-state index in [4.69, 9.17) is 11.6 Å². The van der Waals surface area contributed by atoms with Crippen LogP contribution < -0.4 is 5.56 Å². The Morgan fingerprint density at radius 1 is 1.32 bits per heavy atom. The molecule has 0 radical (unpaired) electrons. The Morgan fingerprint density at radius 2 is 2.12 bits per heavy atom. The summed E-state index contributed by atoms with van der Waals surface area (Å²) in [5.41, 5.74) is 2.27. The summed E-state index contributed by atoms with van der Waals surface area (Å²) in [6.45, 7) is 2.21. The molecule has 5 rings (SSSR count). The van der Waals surface area contributed by atoms with Crippen LogP contribution in [0.1, 0.15) is 25.0 Å². The summed E-state index contributed by atoms with van der Waals surface area (Å²) in [5.74, 6) is 1.67.